The topological polar surface area (TPSA) is 24.7 Å². The Hall–Kier alpha value is -2.39. The van der Waals surface area contributed by atoms with Crippen molar-refractivity contribution in [3.63, 3.8) is 0 Å². The Morgan fingerprint density at radius 2 is 2.04 bits per heavy atom. The Morgan fingerprint density at radius 3 is 2.83 bits per heavy atom. The summed E-state index contributed by atoms with van der Waals surface area (Å²) in [5.41, 5.74) is 5.22. The van der Waals surface area contributed by atoms with Crippen LogP contribution < -0.4 is 0 Å². The zero-order valence-corrected chi connectivity index (χ0v) is 13.3. The molecule has 0 aliphatic carbocycles. The monoisotopic (exact) mass is 304 g/mol. The zero-order valence-electron chi connectivity index (χ0n) is 13.3. The van der Waals surface area contributed by atoms with E-state index in [4.69, 9.17) is 0 Å². The molecule has 1 aromatic carbocycles. The number of aldehydes is 1. The van der Waals surface area contributed by atoms with Gasteiger partial charge in [-0.05, 0) is 61.8 Å². The summed E-state index contributed by atoms with van der Waals surface area (Å²) in [4.78, 5) is 14.0. The molecule has 0 N–H and O–H groups in total. The molecule has 116 valence electrons. The van der Waals surface area contributed by atoms with Crippen LogP contribution in [0.3, 0.4) is 0 Å². The first-order valence-electron chi connectivity index (χ1n) is 8.14. The molecule has 3 aromatic rings. The Morgan fingerprint density at radius 1 is 1.13 bits per heavy atom. The third kappa shape index (κ3) is 2.37. The van der Waals surface area contributed by atoms with Crippen molar-refractivity contribution in [2.75, 3.05) is 13.6 Å². The summed E-state index contributed by atoms with van der Waals surface area (Å²) in [5.74, 6) is 0. The standard InChI is InChI=1S/C20H20N2O/c1-21-10-5-9-19(21)15-6-4-7-16(12-15)20-17(14-23)13-18-8-2-3-11-22(18)20/h2-4,6-8,11-14,19H,5,9-10H2,1H3. The Balaban J connectivity index is 1.86. The molecule has 3 nitrogen and oxygen atoms in total. The summed E-state index contributed by atoms with van der Waals surface area (Å²) in [7, 11) is 2.19. The second-order valence-electron chi connectivity index (χ2n) is 6.33. The normalized spacial score (nSPS) is 18.6. The maximum Gasteiger partial charge on any atom is 0.152 e. The highest BCUT2D eigenvalue weighted by Gasteiger charge is 2.23. The summed E-state index contributed by atoms with van der Waals surface area (Å²) in [6.07, 6.45) is 5.43. The smallest absolute Gasteiger partial charge is 0.152 e. The van der Waals surface area contributed by atoms with Crippen LogP contribution in [0.1, 0.15) is 34.8 Å². The predicted molar refractivity (Wildman–Crippen MR) is 92.8 cm³/mol. The lowest BCUT2D eigenvalue weighted by Crippen LogP contribution is -2.17. The first-order chi connectivity index (χ1) is 11.3. The minimum Gasteiger partial charge on any atom is -0.316 e. The molecule has 0 amide bonds. The third-order valence-electron chi connectivity index (χ3n) is 4.90. The second kappa shape index (κ2) is 5.67. The lowest BCUT2D eigenvalue weighted by Gasteiger charge is -2.20. The van der Waals surface area contributed by atoms with Gasteiger partial charge in [0.25, 0.3) is 0 Å². The van der Waals surface area contributed by atoms with Crippen LogP contribution in [0, 0.1) is 0 Å². The fourth-order valence-corrected chi connectivity index (χ4v) is 3.76. The molecule has 1 fully saturated rings. The van der Waals surface area contributed by atoms with Crippen molar-refractivity contribution in [3.8, 4) is 11.3 Å². The molecule has 1 aliphatic rings. The van der Waals surface area contributed by atoms with Gasteiger partial charge in [0.2, 0.25) is 0 Å². The minimum absolute atomic E-state index is 0.487. The van der Waals surface area contributed by atoms with Gasteiger partial charge in [0.1, 0.15) is 0 Å². The molecule has 0 radical (unpaired) electrons. The molecule has 1 aliphatic heterocycles. The average Bonchev–Trinajstić information content (AvgIpc) is 3.18. The van der Waals surface area contributed by atoms with Crippen LogP contribution >= 0.6 is 0 Å². The number of nitrogens with zero attached hydrogens (tertiary/aromatic N) is 2. The summed E-state index contributed by atoms with van der Waals surface area (Å²) >= 11 is 0. The fraction of sp³-hybridized carbons (Fsp3) is 0.250. The molecular formula is C20H20N2O. The van der Waals surface area contributed by atoms with Crippen LogP contribution in [0.15, 0.2) is 54.7 Å². The van der Waals surface area contributed by atoms with Crippen LogP contribution in [0.4, 0.5) is 0 Å². The molecule has 0 spiro atoms. The molecule has 1 atom stereocenters. The summed E-state index contributed by atoms with van der Waals surface area (Å²) in [6.45, 7) is 1.16. The third-order valence-corrected chi connectivity index (χ3v) is 4.90. The van der Waals surface area contributed by atoms with E-state index in [1.807, 2.05) is 30.5 Å². The van der Waals surface area contributed by atoms with E-state index in [-0.39, 0.29) is 0 Å². The van der Waals surface area contributed by atoms with Gasteiger partial charge in [-0.15, -0.1) is 0 Å². The van der Waals surface area contributed by atoms with Crippen molar-refractivity contribution in [2.24, 2.45) is 0 Å². The first-order valence-corrected chi connectivity index (χ1v) is 8.14. The van der Waals surface area contributed by atoms with E-state index in [9.17, 15) is 4.79 Å². The second-order valence-corrected chi connectivity index (χ2v) is 6.33. The van der Waals surface area contributed by atoms with Gasteiger partial charge >= 0.3 is 0 Å². The van der Waals surface area contributed by atoms with Gasteiger partial charge in [0, 0.05) is 23.3 Å². The largest absolute Gasteiger partial charge is 0.316 e. The SMILES string of the molecule is CN1CCCC1c1cccc(-c2c(C=O)cc3ccccn23)c1. The highest BCUT2D eigenvalue weighted by Crippen LogP contribution is 2.34. The van der Waals surface area contributed by atoms with Crippen molar-refractivity contribution in [3.05, 3.63) is 65.9 Å². The van der Waals surface area contributed by atoms with Crippen molar-refractivity contribution >= 4 is 11.8 Å². The number of benzene rings is 1. The Kier molecular flexibility index (Phi) is 3.50. The van der Waals surface area contributed by atoms with Crippen LogP contribution in [-0.2, 0) is 0 Å². The van der Waals surface area contributed by atoms with E-state index in [1.165, 1.54) is 18.4 Å². The molecule has 23 heavy (non-hydrogen) atoms. The van der Waals surface area contributed by atoms with Gasteiger partial charge in [0.05, 0.1) is 5.69 Å². The van der Waals surface area contributed by atoms with Gasteiger partial charge < -0.3 is 4.40 Å². The number of hydrogen-bond donors (Lipinski definition) is 0. The number of rotatable bonds is 3. The number of carbonyl (C=O) groups is 1. The van der Waals surface area contributed by atoms with Crippen LogP contribution in [-0.4, -0.2) is 29.2 Å². The van der Waals surface area contributed by atoms with Gasteiger partial charge in [0.15, 0.2) is 6.29 Å². The van der Waals surface area contributed by atoms with Crippen molar-refractivity contribution in [1.29, 1.82) is 0 Å². The van der Waals surface area contributed by atoms with E-state index in [0.717, 1.165) is 35.2 Å². The quantitative estimate of drug-likeness (QED) is 0.678. The van der Waals surface area contributed by atoms with Crippen LogP contribution in [0.2, 0.25) is 0 Å². The number of pyridine rings is 1. The summed E-state index contributed by atoms with van der Waals surface area (Å²) in [5, 5.41) is 0. The van der Waals surface area contributed by atoms with Crippen LogP contribution in [0.5, 0.6) is 0 Å². The molecule has 3 heteroatoms. The maximum absolute atomic E-state index is 11.5. The van der Waals surface area contributed by atoms with Crippen molar-refractivity contribution < 1.29 is 4.79 Å². The Bertz CT molecular complexity index is 865. The predicted octanol–water partition coefficient (Wildman–Crippen LogP) is 4.19. The summed E-state index contributed by atoms with van der Waals surface area (Å²) < 4.78 is 2.10. The lowest BCUT2D eigenvalue weighted by atomic mass is 9.99. The molecule has 2 aromatic heterocycles. The molecule has 4 rings (SSSR count). The lowest BCUT2D eigenvalue weighted by molar-refractivity contribution is 0.112. The highest BCUT2D eigenvalue weighted by molar-refractivity contribution is 5.90. The number of fused-ring (bicyclic) bond motifs is 1. The van der Waals surface area contributed by atoms with Gasteiger partial charge in [-0.1, -0.05) is 24.3 Å². The Labute approximate surface area is 136 Å². The maximum atomic E-state index is 11.5. The highest BCUT2D eigenvalue weighted by atomic mass is 16.1. The zero-order chi connectivity index (χ0) is 15.8. The average molecular weight is 304 g/mol. The first kappa shape index (κ1) is 14.2. The van der Waals surface area contributed by atoms with Crippen molar-refractivity contribution in [1.82, 2.24) is 9.30 Å². The van der Waals surface area contributed by atoms with E-state index in [1.54, 1.807) is 0 Å². The molecule has 3 heterocycles. The van der Waals surface area contributed by atoms with Crippen molar-refractivity contribution in [2.45, 2.75) is 18.9 Å². The number of carbonyl (C=O) groups excluding carboxylic acids is 1. The molecule has 1 saturated heterocycles. The number of likely N-dealkylation sites (tertiary alicyclic amines) is 1. The fourth-order valence-electron chi connectivity index (χ4n) is 3.76. The summed E-state index contributed by atoms with van der Waals surface area (Å²) in [6, 6.07) is 17.1. The van der Waals surface area contributed by atoms with Gasteiger partial charge in [-0.2, -0.15) is 0 Å². The van der Waals surface area contributed by atoms with E-state index < -0.39 is 0 Å². The molecule has 0 bridgehead atoms. The minimum atomic E-state index is 0.487. The number of hydrogen-bond acceptors (Lipinski definition) is 2. The van der Waals surface area contributed by atoms with Gasteiger partial charge in [-0.25, -0.2) is 0 Å². The van der Waals surface area contributed by atoms with Crippen LogP contribution in [0.25, 0.3) is 16.8 Å². The molecular weight excluding hydrogens is 284 g/mol. The van der Waals surface area contributed by atoms with Gasteiger partial charge in [-0.3, -0.25) is 9.69 Å². The van der Waals surface area contributed by atoms with E-state index in [0.29, 0.717) is 6.04 Å². The number of aromatic nitrogens is 1. The van der Waals surface area contributed by atoms with E-state index in [2.05, 4.69) is 40.6 Å². The van der Waals surface area contributed by atoms with E-state index >= 15 is 0 Å². The molecule has 1 unspecified atom stereocenters. The molecule has 0 saturated carbocycles.